The molecule has 0 aromatic carbocycles. The van der Waals surface area contributed by atoms with E-state index in [1.165, 1.54) is 0 Å². The Labute approximate surface area is 121 Å². The predicted molar refractivity (Wildman–Crippen MR) is 81.9 cm³/mol. The standard InChI is InChI=1S/C16H25N3O/c1-4-8-17-14-5-6-15(18-10-14)16(20)19-9-7-12(2)13(3)11-19/h5-6,10,12-13,17H,4,7-9,11H2,1-3H3. The number of nitrogens with one attached hydrogen (secondary N) is 1. The molecule has 0 bridgehead atoms. The SMILES string of the molecule is CCCNc1ccc(C(=O)N2CCC(C)C(C)C2)nc1. The summed E-state index contributed by atoms with van der Waals surface area (Å²) >= 11 is 0. The van der Waals surface area contributed by atoms with Gasteiger partial charge in [0.1, 0.15) is 5.69 Å². The van der Waals surface area contributed by atoms with Gasteiger partial charge < -0.3 is 10.2 Å². The van der Waals surface area contributed by atoms with Crippen LogP contribution in [0.15, 0.2) is 18.3 Å². The molecule has 4 nitrogen and oxygen atoms in total. The van der Waals surface area contributed by atoms with Gasteiger partial charge in [-0.05, 0) is 36.8 Å². The second-order valence-corrected chi connectivity index (χ2v) is 5.85. The van der Waals surface area contributed by atoms with Crippen LogP contribution >= 0.6 is 0 Å². The van der Waals surface area contributed by atoms with Crippen LogP contribution in [0.4, 0.5) is 5.69 Å². The number of piperidine rings is 1. The van der Waals surface area contributed by atoms with E-state index in [1.807, 2.05) is 17.0 Å². The van der Waals surface area contributed by atoms with E-state index in [0.717, 1.165) is 38.2 Å². The summed E-state index contributed by atoms with van der Waals surface area (Å²) < 4.78 is 0. The van der Waals surface area contributed by atoms with Crippen LogP contribution in [0.2, 0.25) is 0 Å². The molecule has 4 heteroatoms. The Kier molecular flexibility index (Phi) is 4.99. The zero-order valence-electron chi connectivity index (χ0n) is 12.7. The van der Waals surface area contributed by atoms with Crippen molar-refractivity contribution in [3.63, 3.8) is 0 Å². The van der Waals surface area contributed by atoms with Gasteiger partial charge in [0.15, 0.2) is 0 Å². The Morgan fingerprint density at radius 3 is 2.80 bits per heavy atom. The summed E-state index contributed by atoms with van der Waals surface area (Å²) in [6, 6.07) is 3.76. The number of rotatable bonds is 4. The van der Waals surface area contributed by atoms with Gasteiger partial charge >= 0.3 is 0 Å². The van der Waals surface area contributed by atoms with Gasteiger partial charge in [-0.15, -0.1) is 0 Å². The molecule has 2 heterocycles. The van der Waals surface area contributed by atoms with Gasteiger partial charge in [-0.3, -0.25) is 4.79 Å². The van der Waals surface area contributed by atoms with Gasteiger partial charge in [-0.1, -0.05) is 20.8 Å². The van der Waals surface area contributed by atoms with E-state index in [2.05, 4.69) is 31.1 Å². The smallest absolute Gasteiger partial charge is 0.272 e. The summed E-state index contributed by atoms with van der Waals surface area (Å²) in [5.41, 5.74) is 1.53. The van der Waals surface area contributed by atoms with Gasteiger partial charge in [-0.25, -0.2) is 4.98 Å². The summed E-state index contributed by atoms with van der Waals surface area (Å²) in [4.78, 5) is 18.7. The van der Waals surface area contributed by atoms with Gasteiger partial charge in [0.2, 0.25) is 0 Å². The van der Waals surface area contributed by atoms with Crippen LogP contribution in [0.3, 0.4) is 0 Å². The zero-order chi connectivity index (χ0) is 14.5. The Hall–Kier alpha value is -1.58. The fourth-order valence-corrected chi connectivity index (χ4v) is 2.50. The lowest BCUT2D eigenvalue weighted by molar-refractivity contribution is 0.0621. The van der Waals surface area contributed by atoms with Crippen molar-refractivity contribution in [3.05, 3.63) is 24.0 Å². The average molecular weight is 275 g/mol. The Bertz CT molecular complexity index is 444. The van der Waals surface area contributed by atoms with Crippen molar-refractivity contribution in [2.24, 2.45) is 11.8 Å². The predicted octanol–water partition coefficient (Wildman–Crippen LogP) is 3.02. The lowest BCUT2D eigenvalue weighted by Gasteiger charge is -2.35. The third-order valence-electron chi connectivity index (χ3n) is 4.18. The van der Waals surface area contributed by atoms with Gasteiger partial charge in [-0.2, -0.15) is 0 Å². The minimum Gasteiger partial charge on any atom is -0.384 e. The van der Waals surface area contributed by atoms with E-state index in [9.17, 15) is 4.79 Å². The number of aromatic nitrogens is 1. The van der Waals surface area contributed by atoms with Crippen molar-refractivity contribution >= 4 is 11.6 Å². The maximum Gasteiger partial charge on any atom is 0.272 e. The molecule has 1 amide bonds. The number of carbonyl (C=O) groups excluding carboxylic acids is 1. The largest absolute Gasteiger partial charge is 0.384 e. The highest BCUT2D eigenvalue weighted by molar-refractivity contribution is 5.92. The molecular formula is C16H25N3O. The first kappa shape index (κ1) is 14.8. The van der Waals surface area contributed by atoms with Gasteiger partial charge in [0.05, 0.1) is 11.9 Å². The first-order valence-corrected chi connectivity index (χ1v) is 7.61. The normalized spacial score (nSPS) is 22.6. The highest BCUT2D eigenvalue weighted by Gasteiger charge is 2.26. The van der Waals surface area contributed by atoms with E-state index >= 15 is 0 Å². The molecule has 20 heavy (non-hydrogen) atoms. The van der Waals surface area contributed by atoms with Crippen LogP contribution in [0.5, 0.6) is 0 Å². The molecule has 1 aromatic rings. The number of likely N-dealkylation sites (tertiary alicyclic amines) is 1. The quantitative estimate of drug-likeness (QED) is 0.918. The van der Waals surface area contributed by atoms with E-state index in [-0.39, 0.29) is 5.91 Å². The van der Waals surface area contributed by atoms with Crippen molar-refractivity contribution < 1.29 is 4.79 Å². The fourth-order valence-electron chi connectivity index (χ4n) is 2.50. The molecule has 2 unspecified atom stereocenters. The summed E-state index contributed by atoms with van der Waals surface area (Å²) in [6.07, 6.45) is 3.91. The maximum absolute atomic E-state index is 12.4. The Morgan fingerprint density at radius 2 is 2.20 bits per heavy atom. The van der Waals surface area contributed by atoms with E-state index in [4.69, 9.17) is 0 Å². The molecule has 1 aliphatic rings. The molecule has 110 valence electrons. The third-order valence-corrected chi connectivity index (χ3v) is 4.18. The summed E-state index contributed by atoms with van der Waals surface area (Å²) in [7, 11) is 0. The minimum atomic E-state index is 0.0609. The summed E-state index contributed by atoms with van der Waals surface area (Å²) in [6.45, 7) is 9.22. The fraction of sp³-hybridized carbons (Fsp3) is 0.625. The van der Waals surface area contributed by atoms with E-state index in [1.54, 1.807) is 6.20 Å². The van der Waals surface area contributed by atoms with Crippen molar-refractivity contribution in [2.75, 3.05) is 25.0 Å². The highest BCUT2D eigenvalue weighted by atomic mass is 16.2. The molecule has 1 aromatic heterocycles. The van der Waals surface area contributed by atoms with E-state index in [0.29, 0.717) is 17.5 Å². The molecule has 1 aliphatic heterocycles. The van der Waals surface area contributed by atoms with Crippen molar-refractivity contribution in [1.82, 2.24) is 9.88 Å². The number of hydrogen-bond donors (Lipinski definition) is 1. The monoisotopic (exact) mass is 275 g/mol. The maximum atomic E-state index is 12.4. The van der Waals surface area contributed by atoms with Crippen molar-refractivity contribution in [2.45, 2.75) is 33.6 Å². The number of anilines is 1. The second kappa shape index (κ2) is 6.73. The zero-order valence-corrected chi connectivity index (χ0v) is 12.7. The Morgan fingerprint density at radius 1 is 1.40 bits per heavy atom. The molecule has 0 spiro atoms. The third kappa shape index (κ3) is 3.50. The van der Waals surface area contributed by atoms with Crippen molar-refractivity contribution in [1.29, 1.82) is 0 Å². The topological polar surface area (TPSA) is 45.2 Å². The molecule has 0 aliphatic carbocycles. The summed E-state index contributed by atoms with van der Waals surface area (Å²) in [5.74, 6) is 1.33. The molecule has 1 fully saturated rings. The number of hydrogen-bond acceptors (Lipinski definition) is 3. The van der Waals surface area contributed by atoms with Crippen molar-refractivity contribution in [3.8, 4) is 0 Å². The molecule has 1 N–H and O–H groups in total. The van der Waals surface area contributed by atoms with Crippen LogP contribution in [-0.4, -0.2) is 35.4 Å². The molecular weight excluding hydrogens is 250 g/mol. The van der Waals surface area contributed by atoms with E-state index < -0.39 is 0 Å². The lowest BCUT2D eigenvalue weighted by Crippen LogP contribution is -2.42. The number of nitrogens with zero attached hydrogens (tertiary/aromatic N) is 2. The van der Waals surface area contributed by atoms with Crippen LogP contribution in [-0.2, 0) is 0 Å². The van der Waals surface area contributed by atoms with Gasteiger partial charge in [0.25, 0.3) is 5.91 Å². The number of pyridine rings is 1. The first-order valence-electron chi connectivity index (χ1n) is 7.61. The second-order valence-electron chi connectivity index (χ2n) is 5.85. The van der Waals surface area contributed by atoms with Gasteiger partial charge in [0, 0.05) is 19.6 Å². The Balaban J connectivity index is 1.98. The molecule has 0 radical (unpaired) electrons. The minimum absolute atomic E-state index is 0.0609. The van der Waals surface area contributed by atoms with Crippen LogP contribution < -0.4 is 5.32 Å². The molecule has 0 saturated carbocycles. The molecule has 2 atom stereocenters. The van der Waals surface area contributed by atoms with Crippen LogP contribution in [0, 0.1) is 11.8 Å². The molecule has 1 saturated heterocycles. The number of carbonyl (C=O) groups is 1. The van der Waals surface area contributed by atoms with Crippen LogP contribution in [0.1, 0.15) is 44.1 Å². The number of amides is 1. The highest BCUT2D eigenvalue weighted by Crippen LogP contribution is 2.23. The lowest BCUT2D eigenvalue weighted by atomic mass is 9.88. The van der Waals surface area contributed by atoms with Crippen LogP contribution in [0.25, 0.3) is 0 Å². The average Bonchev–Trinajstić information content (AvgIpc) is 2.48. The first-order chi connectivity index (χ1) is 9.61. The summed E-state index contributed by atoms with van der Waals surface area (Å²) in [5, 5.41) is 3.27. The molecule has 2 rings (SSSR count).